The molecule has 180 valence electrons. The summed E-state index contributed by atoms with van der Waals surface area (Å²) in [5.74, 6) is 0.736. The minimum absolute atomic E-state index is 0.00156. The molecule has 0 spiro atoms. The molecule has 10 heteroatoms. The molecule has 1 saturated carbocycles. The fraction of sp³-hybridized carbons (Fsp3) is 0.280. The van der Waals surface area contributed by atoms with Crippen LogP contribution in [0.5, 0.6) is 5.75 Å². The molecule has 0 aliphatic heterocycles. The first-order valence-corrected chi connectivity index (χ1v) is 11.6. The number of ether oxygens (including phenoxy) is 2. The van der Waals surface area contributed by atoms with E-state index in [0.29, 0.717) is 36.2 Å². The second-order valence-corrected chi connectivity index (χ2v) is 9.09. The minimum atomic E-state index is -0.344. The molecule has 5 rings (SSSR count). The van der Waals surface area contributed by atoms with Crippen LogP contribution in [0.4, 0.5) is 0 Å². The van der Waals surface area contributed by atoms with Gasteiger partial charge in [0.25, 0.3) is 11.5 Å². The Hall–Kier alpha value is -3.69. The van der Waals surface area contributed by atoms with Crippen molar-refractivity contribution in [2.45, 2.75) is 19.4 Å². The fourth-order valence-corrected chi connectivity index (χ4v) is 4.19. The number of amides is 1. The molecule has 2 N–H and O–H groups in total. The standard InChI is InChI=1S/C25H24ClN5O4/c1-34-15-25(10-11-25)14-27-23(33)21-18(26)8-5-9-19(21)35-13-17-12-20(32)31-24(28-17)29-22(30-31)16-6-3-2-4-7-16/h2-9,12H,10-11,13-15H2,1H3,(H,27,33)(H,28,29,30). The molecule has 0 bridgehead atoms. The van der Waals surface area contributed by atoms with E-state index in [2.05, 4.69) is 20.4 Å². The van der Waals surface area contributed by atoms with Crippen LogP contribution in [0.3, 0.4) is 0 Å². The number of H-pyrrole nitrogens is 1. The van der Waals surface area contributed by atoms with Gasteiger partial charge in [0.05, 0.1) is 22.9 Å². The minimum Gasteiger partial charge on any atom is -0.486 e. The summed E-state index contributed by atoms with van der Waals surface area (Å²) in [6.07, 6.45) is 2.02. The third-order valence-electron chi connectivity index (χ3n) is 6.04. The van der Waals surface area contributed by atoms with Crippen LogP contribution in [0.2, 0.25) is 5.02 Å². The Morgan fingerprint density at radius 1 is 1.20 bits per heavy atom. The lowest BCUT2D eigenvalue weighted by atomic mass is 10.1. The number of methoxy groups -OCH3 is 1. The number of aromatic amines is 1. The van der Waals surface area contributed by atoms with Gasteiger partial charge in [-0.2, -0.15) is 9.50 Å². The van der Waals surface area contributed by atoms with Crippen molar-refractivity contribution in [3.8, 4) is 17.1 Å². The van der Waals surface area contributed by atoms with E-state index in [9.17, 15) is 9.59 Å². The maximum atomic E-state index is 12.9. The number of benzene rings is 2. The Kier molecular flexibility index (Phi) is 6.27. The number of halogens is 1. The summed E-state index contributed by atoms with van der Waals surface area (Å²) in [4.78, 5) is 33.1. The molecule has 2 heterocycles. The molecule has 0 unspecified atom stereocenters. The highest BCUT2D eigenvalue weighted by Gasteiger charge is 2.43. The number of rotatable bonds is 9. The normalized spacial score (nSPS) is 14.1. The molecular formula is C25H24ClN5O4. The summed E-state index contributed by atoms with van der Waals surface area (Å²) in [5.41, 5.74) is 1.19. The predicted octanol–water partition coefficient (Wildman–Crippen LogP) is 3.47. The van der Waals surface area contributed by atoms with Crippen LogP contribution in [0.15, 0.2) is 59.4 Å². The topological polar surface area (TPSA) is 111 Å². The highest BCUT2D eigenvalue weighted by atomic mass is 35.5. The molecule has 0 saturated heterocycles. The molecule has 2 aromatic heterocycles. The SMILES string of the molecule is COCC1(CNC(=O)c2c(Cl)cccc2OCc2cc(=O)n3nc(-c4ccccc4)nc3[nH]2)CC1. The van der Waals surface area contributed by atoms with Crippen molar-refractivity contribution in [1.82, 2.24) is 24.9 Å². The number of fused-ring (bicyclic) bond motifs is 1. The second-order valence-electron chi connectivity index (χ2n) is 8.69. The first-order chi connectivity index (χ1) is 17.0. The van der Waals surface area contributed by atoms with Gasteiger partial charge in [0.1, 0.15) is 12.4 Å². The molecule has 35 heavy (non-hydrogen) atoms. The van der Waals surface area contributed by atoms with Gasteiger partial charge >= 0.3 is 0 Å². The van der Waals surface area contributed by atoms with E-state index in [1.165, 1.54) is 10.6 Å². The number of carbonyl (C=O) groups excluding carboxylic acids is 1. The van der Waals surface area contributed by atoms with Gasteiger partial charge in [-0.25, -0.2) is 0 Å². The molecule has 0 atom stereocenters. The van der Waals surface area contributed by atoms with Crippen molar-refractivity contribution in [3.05, 3.63) is 81.2 Å². The van der Waals surface area contributed by atoms with E-state index < -0.39 is 0 Å². The number of nitrogens with one attached hydrogen (secondary N) is 2. The van der Waals surface area contributed by atoms with Crippen molar-refractivity contribution < 1.29 is 14.3 Å². The summed E-state index contributed by atoms with van der Waals surface area (Å²) in [6, 6.07) is 15.8. The summed E-state index contributed by atoms with van der Waals surface area (Å²) in [6.45, 7) is 1.11. The van der Waals surface area contributed by atoms with Crippen LogP contribution in [0, 0.1) is 5.41 Å². The lowest BCUT2D eigenvalue weighted by molar-refractivity contribution is 0.0915. The summed E-state index contributed by atoms with van der Waals surface area (Å²) < 4.78 is 12.4. The highest BCUT2D eigenvalue weighted by molar-refractivity contribution is 6.34. The third-order valence-corrected chi connectivity index (χ3v) is 6.35. The Labute approximate surface area is 206 Å². The van der Waals surface area contributed by atoms with Crippen LogP contribution in [-0.4, -0.2) is 45.8 Å². The molecule has 0 radical (unpaired) electrons. The second kappa shape index (κ2) is 9.52. The van der Waals surface area contributed by atoms with Gasteiger partial charge in [-0.1, -0.05) is 48.0 Å². The fourth-order valence-electron chi connectivity index (χ4n) is 3.94. The van der Waals surface area contributed by atoms with Gasteiger partial charge in [-0.15, -0.1) is 5.10 Å². The predicted molar refractivity (Wildman–Crippen MR) is 131 cm³/mol. The van der Waals surface area contributed by atoms with E-state index in [4.69, 9.17) is 21.1 Å². The molecule has 2 aromatic carbocycles. The van der Waals surface area contributed by atoms with E-state index in [0.717, 1.165) is 18.4 Å². The maximum absolute atomic E-state index is 12.9. The quantitative estimate of drug-likeness (QED) is 0.369. The van der Waals surface area contributed by atoms with Crippen LogP contribution < -0.4 is 15.6 Å². The van der Waals surface area contributed by atoms with E-state index in [-0.39, 0.29) is 34.1 Å². The van der Waals surface area contributed by atoms with Crippen molar-refractivity contribution in [2.75, 3.05) is 20.3 Å². The monoisotopic (exact) mass is 493 g/mol. The number of hydrogen-bond donors (Lipinski definition) is 2. The lowest BCUT2D eigenvalue weighted by Crippen LogP contribution is -2.32. The molecule has 1 amide bonds. The van der Waals surface area contributed by atoms with E-state index in [1.54, 1.807) is 25.3 Å². The van der Waals surface area contributed by atoms with Crippen molar-refractivity contribution in [2.24, 2.45) is 5.41 Å². The van der Waals surface area contributed by atoms with Gasteiger partial charge in [0.2, 0.25) is 5.78 Å². The third kappa shape index (κ3) is 4.91. The molecule has 1 fully saturated rings. The largest absolute Gasteiger partial charge is 0.486 e. The molecule has 4 aromatic rings. The van der Waals surface area contributed by atoms with Crippen molar-refractivity contribution in [3.63, 3.8) is 0 Å². The van der Waals surface area contributed by atoms with Crippen LogP contribution in [-0.2, 0) is 11.3 Å². The average molecular weight is 494 g/mol. The summed E-state index contributed by atoms with van der Waals surface area (Å²) in [7, 11) is 1.66. The first-order valence-electron chi connectivity index (χ1n) is 11.2. The number of carbonyl (C=O) groups is 1. The van der Waals surface area contributed by atoms with Gasteiger partial charge in [-0.05, 0) is 25.0 Å². The van der Waals surface area contributed by atoms with Crippen molar-refractivity contribution in [1.29, 1.82) is 0 Å². The Morgan fingerprint density at radius 3 is 2.74 bits per heavy atom. The van der Waals surface area contributed by atoms with Gasteiger partial charge in [-0.3, -0.25) is 9.59 Å². The Bertz CT molecular complexity index is 1430. The summed E-state index contributed by atoms with van der Waals surface area (Å²) in [5, 5.41) is 7.53. The number of hydrogen-bond acceptors (Lipinski definition) is 6. The molecule has 1 aliphatic carbocycles. The Balaban J connectivity index is 1.34. The van der Waals surface area contributed by atoms with Gasteiger partial charge < -0.3 is 19.8 Å². The van der Waals surface area contributed by atoms with E-state index >= 15 is 0 Å². The lowest BCUT2D eigenvalue weighted by Gasteiger charge is -2.17. The van der Waals surface area contributed by atoms with Crippen LogP contribution in [0.25, 0.3) is 17.2 Å². The smallest absolute Gasteiger partial charge is 0.276 e. The first kappa shape index (κ1) is 23.1. The zero-order chi connectivity index (χ0) is 24.4. The van der Waals surface area contributed by atoms with Crippen LogP contribution in [0.1, 0.15) is 28.9 Å². The summed E-state index contributed by atoms with van der Waals surface area (Å²) >= 11 is 6.35. The molecular weight excluding hydrogens is 470 g/mol. The zero-order valence-corrected chi connectivity index (χ0v) is 19.8. The highest BCUT2D eigenvalue weighted by Crippen LogP contribution is 2.45. The van der Waals surface area contributed by atoms with Gasteiger partial charge in [0.15, 0.2) is 5.82 Å². The average Bonchev–Trinajstić information content (AvgIpc) is 3.48. The van der Waals surface area contributed by atoms with Gasteiger partial charge in [0, 0.05) is 30.7 Å². The van der Waals surface area contributed by atoms with Crippen molar-refractivity contribution >= 4 is 23.3 Å². The molecule has 9 nitrogen and oxygen atoms in total. The van der Waals surface area contributed by atoms with Crippen LogP contribution >= 0.6 is 11.6 Å². The van der Waals surface area contributed by atoms with E-state index in [1.807, 2.05) is 30.3 Å². The number of nitrogens with zero attached hydrogens (tertiary/aromatic N) is 3. The molecule has 1 aliphatic rings. The number of aromatic nitrogens is 4. The Morgan fingerprint density at radius 2 is 2.00 bits per heavy atom. The zero-order valence-electron chi connectivity index (χ0n) is 19.1. The maximum Gasteiger partial charge on any atom is 0.276 e.